The smallest absolute Gasteiger partial charge is 0.185 e. The number of hydrogen-bond donors (Lipinski definition) is 0. The highest BCUT2D eigenvalue weighted by Gasteiger charge is 2.50. The maximum Gasteiger partial charge on any atom is 0.185 e. The molecule has 4 heteroatoms. The molecule has 0 bridgehead atoms. The lowest BCUT2D eigenvalue weighted by Crippen LogP contribution is -2.44. The Labute approximate surface area is 198 Å². The molecular formula is C30H24N2O2. The molecule has 6 rings (SSSR count). The molecule has 1 fully saturated rings. The Morgan fingerprint density at radius 2 is 1.59 bits per heavy atom. The first-order chi connectivity index (χ1) is 16.6. The summed E-state index contributed by atoms with van der Waals surface area (Å²) in [5.41, 5.74) is 5.47. The highest BCUT2D eigenvalue weighted by molar-refractivity contribution is 6.07. The van der Waals surface area contributed by atoms with Gasteiger partial charge in [0.2, 0.25) is 0 Å². The van der Waals surface area contributed by atoms with Gasteiger partial charge in [-0.15, -0.1) is 0 Å². The number of Topliss-reactive ketones (excluding diaryl/α,β-unsaturated/α-hetero) is 2. The molecule has 0 radical (unpaired) electrons. The number of rotatable bonds is 4. The second kappa shape index (κ2) is 8.07. The molecule has 34 heavy (non-hydrogen) atoms. The Morgan fingerprint density at radius 1 is 0.853 bits per heavy atom. The number of hydrogen-bond acceptors (Lipinski definition) is 4. The van der Waals surface area contributed by atoms with Crippen LogP contribution in [-0.4, -0.2) is 28.6 Å². The molecular weight excluding hydrogens is 420 g/mol. The Kier molecular flexibility index (Phi) is 4.88. The summed E-state index contributed by atoms with van der Waals surface area (Å²) < 4.78 is 0. The Bertz CT molecular complexity index is 1460. The van der Waals surface area contributed by atoms with Crippen molar-refractivity contribution in [3.8, 4) is 0 Å². The average Bonchev–Trinajstić information content (AvgIpc) is 3.29. The third-order valence-corrected chi connectivity index (χ3v) is 7.12. The molecule has 0 spiro atoms. The molecule has 0 N–H and O–H groups in total. The third kappa shape index (κ3) is 3.26. The number of pyridine rings is 1. The minimum Gasteiger partial charge on any atom is -0.353 e. The van der Waals surface area contributed by atoms with Crippen LogP contribution in [0.5, 0.6) is 0 Å². The number of ketones is 2. The van der Waals surface area contributed by atoms with Gasteiger partial charge in [0.1, 0.15) is 5.78 Å². The van der Waals surface area contributed by atoms with Gasteiger partial charge in [-0.2, -0.15) is 0 Å². The van der Waals surface area contributed by atoms with Crippen molar-refractivity contribution in [2.75, 3.05) is 4.90 Å². The number of nitrogens with zero attached hydrogens (tertiary/aromatic N) is 2. The van der Waals surface area contributed by atoms with E-state index in [-0.39, 0.29) is 23.5 Å². The van der Waals surface area contributed by atoms with E-state index >= 15 is 0 Å². The number of anilines is 1. The summed E-state index contributed by atoms with van der Waals surface area (Å²) in [7, 11) is 0. The summed E-state index contributed by atoms with van der Waals surface area (Å²) in [5.74, 6) is -0.133. The van der Waals surface area contributed by atoms with E-state index < -0.39 is 6.04 Å². The zero-order chi connectivity index (χ0) is 23.2. The Balaban J connectivity index is 1.53. The van der Waals surface area contributed by atoms with Crippen molar-refractivity contribution in [3.05, 3.63) is 108 Å². The minimum atomic E-state index is -0.411. The topological polar surface area (TPSA) is 50.3 Å². The zero-order valence-electron chi connectivity index (χ0n) is 18.9. The van der Waals surface area contributed by atoms with E-state index in [4.69, 9.17) is 4.98 Å². The fraction of sp³-hybridized carbons (Fsp3) is 0.167. The number of carbonyl (C=O) groups excluding carboxylic acids is 2. The number of fused-ring (bicyclic) bond motifs is 4. The van der Waals surface area contributed by atoms with Gasteiger partial charge in [-0.1, -0.05) is 72.8 Å². The molecule has 166 valence electrons. The molecule has 3 unspecified atom stereocenters. The maximum atomic E-state index is 13.7. The second-order valence-electron chi connectivity index (χ2n) is 9.10. The van der Waals surface area contributed by atoms with Gasteiger partial charge in [0, 0.05) is 28.1 Å². The van der Waals surface area contributed by atoms with Gasteiger partial charge >= 0.3 is 0 Å². The van der Waals surface area contributed by atoms with Crippen molar-refractivity contribution in [2.24, 2.45) is 5.92 Å². The molecule has 1 aromatic heterocycles. The van der Waals surface area contributed by atoms with Gasteiger partial charge in [0.25, 0.3) is 0 Å². The van der Waals surface area contributed by atoms with E-state index in [1.165, 1.54) is 0 Å². The molecule has 3 aromatic carbocycles. The van der Waals surface area contributed by atoms with E-state index in [0.717, 1.165) is 33.4 Å². The van der Waals surface area contributed by atoms with Crippen molar-refractivity contribution in [1.29, 1.82) is 0 Å². The normalized spacial score (nSPS) is 21.0. The lowest BCUT2D eigenvalue weighted by molar-refractivity contribution is -0.120. The van der Waals surface area contributed by atoms with Crippen LogP contribution in [0.4, 0.5) is 5.69 Å². The van der Waals surface area contributed by atoms with E-state index in [1.807, 2.05) is 72.8 Å². The molecule has 4 aromatic rings. The molecule has 0 aliphatic carbocycles. The van der Waals surface area contributed by atoms with Crippen LogP contribution < -0.4 is 4.90 Å². The van der Waals surface area contributed by atoms with Crippen LogP contribution in [0.25, 0.3) is 22.6 Å². The van der Waals surface area contributed by atoms with Gasteiger partial charge in [-0.3, -0.25) is 9.59 Å². The number of benzene rings is 3. The van der Waals surface area contributed by atoms with Gasteiger partial charge in [0.15, 0.2) is 5.78 Å². The van der Waals surface area contributed by atoms with Crippen molar-refractivity contribution < 1.29 is 9.59 Å². The first-order valence-corrected chi connectivity index (χ1v) is 11.7. The highest BCUT2D eigenvalue weighted by Crippen LogP contribution is 2.47. The quantitative estimate of drug-likeness (QED) is 0.372. The van der Waals surface area contributed by atoms with Crippen molar-refractivity contribution in [3.63, 3.8) is 0 Å². The van der Waals surface area contributed by atoms with E-state index in [2.05, 4.69) is 29.2 Å². The molecule has 3 heterocycles. The van der Waals surface area contributed by atoms with Gasteiger partial charge in [-0.25, -0.2) is 4.98 Å². The molecule has 3 atom stereocenters. The summed E-state index contributed by atoms with van der Waals surface area (Å²) in [6.45, 7) is 1.64. The number of para-hydroxylation sites is 2. The summed E-state index contributed by atoms with van der Waals surface area (Å²) in [5, 5.41) is 1.08. The zero-order valence-corrected chi connectivity index (χ0v) is 18.9. The fourth-order valence-corrected chi connectivity index (χ4v) is 5.52. The maximum absolute atomic E-state index is 13.7. The molecule has 0 amide bonds. The highest BCUT2D eigenvalue weighted by atomic mass is 16.1. The first-order valence-electron chi connectivity index (χ1n) is 11.7. The molecule has 0 saturated carbocycles. The van der Waals surface area contributed by atoms with Crippen LogP contribution in [-0.2, 0) is 4.79 Å². The van der Waals surface area contributed by atoms with Crippen LogP contribution in [0.3, 0.4) is 0 Å². The largest absolute Gasteiger partial charge is 0.353 e. The monoisotopic (exact) mass is 444 g/mol. The van der Waals surface area contributed by atoms with Crippen molar-refractivity contribution >= 4 is 39.8 Å². The summed E-state index contributed by atoms with van der Waals surface area (Å²) in [6.07, 6.45) is 2.64. The second-order valence-corrected chi connectivity index (χ2v) is 9.10. The molecule has 4 nitrogen and oxygen atoms in total. The van der Waals surface area contributed by atoms with Gasteiger partial charge in [0.05, 0.1) is 23.3 Å². The minimum absolute atomic E-state index is 0.0527. The Morgan fingerprint density at radius 3 is 2.41 bits per heavy atom. The summed E-state index contributed by atoms with van der Waals surface area (Å²) in [6, 6.07) is 29.0. The lowest BCUT2D eigenvalue weighted by Gasteiger charge is -2.38. The molecule has 1 saturated heterocycles. The van der Waals surface area contributed by atoms with Crippen molar-refractivity contribution in [2.45, 2.75) is 25.4 Å². The SMILES string of the molecule is CC(=O)C1CC(C(=O)c2ccccc2)N2c3ccccc3C=C(c3ccc4ccccc4n3)C12. The lowest BCUT2D eigenvalue weighted by atomic mass is 9.85. The van der Waals surface area contributed by atoms with Gasteiger partial charge < -0.3 is 4.90 Å². The van der Waals surface area contributed by atoms with Crippen LogP contribution in [0.2, 0.25) is 0 Å². The van der Waals surface area contributed by atoms with Crippen molar-refractivity contribution in [1.82, 2.24) is 4.98 Å². The van der Waals surface area contributed by atoms with Crippen LogP contribution in [0.15, 0.2) is 91.0 Å². The van der Waals surface area contributed by atoms with E-state index in [0.29, 0.717) is 12.0 Å². The molecule has 2 aliphatic heterocycles. The standard InChI is InChI=1S/C30H24N2O2/c1-19(33)23-18-28(30(34)21-10-3-2-4-11-21)32-27-14-8-6-12-22(27)17-24(29(23)32)26-16-15-20-9-5-7-13-25(20)31-26/h2-17,23,28-29H,18H2,1H3. The number of aromatic nitrogens is 1. The predicted octanol–water partition coefficient (Wildman–Crippen LogP) is 5.82. The third-order valence-electron chi connectivity index (χ3n) is 7.12. The average molecular weight is 445 g/mol. The molecule has 2 aliphatic rings. The van der Waals surface area contributed by atoms with Crippen LogP contribution in [0.1, 0.15) is 35.0 Å². The first kappa shape index (κ1) is 20.5. The van der Waals surface area contributed by atoms with Gasteiger partial charge in [-0.05, 0) is 43.2 Å². The Hall–Kier alpha value is -4.05. The predicted molar refractivity (Wildman–Crippen MR) is 136 cm³/mol. The summed E-state index contributed by atoms with van der Waals surface area (Å²) >= 11 is 0. The summed E-state index contributed by atoms with van der Waals surface area (Å²) in [4.78, 5) is 33.8. The fourth-order valence-electron chi connectivity index (χ4n) is 5.52. The number of carbonyl (C=O) groups is 2. The van der Waals surface area contributed by atoms with E-state index in [1.54, 1.807) is 6.92 Å². The van der Waals surface area contributed by atoms with Crippen LogP contribution in [0, 0.1) is 5.92 Å². The van der Waals surface area contributed by atoms with Crippen LogP contribution >= 0.6 is 0 Å². The van der Waals surface area contributed by atoms with E-state index in [9.17, 15) is 9.59 Å².